The van der Waals surface area contributed by atoms with E-state index in [4.69, 9.17) is 28.4 Å². The molecule has 0 aliphatic rings. The van der Waals surface area contributed by atoms with Crippen LogP contribution < -0.4 is 63.7 Å². The summed E-state index contributed by atoms with van der Waals surface area (Å²) in [7, 11) is 0. The van der Waals surface area contributed by atoms with Gasteiger partial charge in [-0.1, -0.05) is 48.5 Å². The molecule has 0 bridgehead atoms. The molecule has 10 rings (SSSR count). The van der Waals surface area contributed by atoms with Gasteiger partial charge in [0.25, 0.3) is 0 Å². The second-order valence-electron chi connectivity index (χ2n) is 22.9. The number of halogens is 24. The molecule has 0 amide bonds. The molecular weight excluding hydrogens is 1530 g/mol. The van der Waals surface area contributed by atoms with E-state index < -0.39 is 209 Å². The number of rotatable bonds is 22. The zero-order chi connectivity index (χ0) is 77.3. The van der Waals surface area contributed by atoms with E-state index in [2.05, 4.69) is 36.4 Å². The van der Waals surface area contributed by atoms with Crippen LogP contribution in [0.25, 0.3) is 0 Å². The first-order valence-electron chi connectivity index (χ1n) is 30.9. The monoisotopic (exact) mass is 1580 g/mol. The normalized spacial score (nSPS) is 12.7. The molecule has 0 saturated carbocycles. The van der Waals surface area contributed by atoms with Crippen LogP contribution in [0, 0.1) is 0 Å². The summed E-state index contributed by atoms with van der Waals surface area (Å²) in [5, 5.41) is 0. The number of ether oxygens (including phenoxy) is 6. The van der Waals surface area contributed by atoms with Crippen LogP contribution in [0.4, 0.5) is 105 Å². The number of benzene rings is 10. The zero-order valence-corrected chi connectivity index (χ0v) is 55.5. The van der Waals surface area contributed by atoms with E-state index in [0.717, 1.165) is 47.9 Å². The second kappa shape index (κ2) is 32.3. The van der Waals surface area contributed by atoms with Crippen molar-refractivity contribution in [1.29, 1.82) is 0 Å². The van der Waals surface area contributed by atoms with Crippen LogP contribution in [0.1, 0.15) is 44.5 Å². The molecule has 0 N–H and O–H groups in total. The summed E-state index contributed by atoms with van der Waals surface area (Å²) in [6.45, 7) is 2.46. The molecular formula is C74H51BF24O6Se. The topological polar surface area (TPSA) is 55.4 Å². The van der Waals surface area contributed by atoms with Gasteiger partial charge < -0.3 is 0 Å². The minimum absolute atomic E-state index is 0.398. The van der Waals surface area contributed by atoms with Gasteiger partial charge in [0.15, 0.2) is 0 Å². The average Bonchev–Trinajstić information content (AvgIpc) is 0.706. The van der Waals surface area contributed by atoms with Crippen LogP contribution in [-0.2, 0) is 49.4 Å². The summed E-state index contributed by atoms with van der Waals surface area (Å²) in [4.78, 5) is 0. The number of hydrogen-bond donors (Lipinski definition) is 0. The van der Waals surface area contributed by atoms with E-state index in [-0.39, 0.29) is 0 Å². The molecule has 0 heterocycles. The molecule has 0 radical (unpaired) electrons. The Hall–Kier alpha value is -10.1. The number of hydrogen-bond acceptors (Lipinski definition) is 6. The van der Waals surface area contributed by atoms with Crippen molar-refractivity contribution in [3.05, 3.63) is 281 Å². The van der Waals surface area contributed by atoms with Gasteiger partial charge in [0.05, 0.1) is 44.5 Å². The van der Waals surface area contributed by atoms with Gasteiger partial charge in [-0.15, -0.1) is 0 Å². The molecule has 0 aliphatic carbocycles. The van der Waals surface area contributed by atoms with E-state index in [1.54, 1.807) is 0 Å². The Morgan fingerprint density at radius 2 is 0.377 bits per heavy atom. The van der Waals surface area contributed by atoms with Gasteiger partial charge in [-0.25, -0.2) is 0 Å². The molecule has 0 unspecified atom stereocenters. The van der Waals surface area contributed by atoms with Crippen LogP contribution in [0.5, 0.6) is 34.5 Å². The van der Waals surface area contributed by atoms with Gasteiger partial charge in [-0.3, -0.25) is 0 Å². The standard InChI is InChI=1S/C42H39O6Se.C32H12BF24/c1-4-16-34(17-5-1)43-28-31-46-37-22-10-13-25-40(37)49(41-26-14-11-23-38(41)47-32-29-44-35-18-6-2-7-19-35)42-27-15-12-24-39(42)48-33-30-45-36-20-8-3-9-21-36;34-25(35,36)13-1-14(26(37,38)39)6-21(5-13)33(22-7-15(27(40,41)42)2-16(8-22)28(43,44)45,23-9-17(29(46,47)48)3-18(10-23)30(49,50)51)24-11-19(31(52,53)54)4-20(12-24)32(55,56)57/h1-27H,28-33H2;1-12H/q+1;-1. The first-order valence-corrected chi connectivity index (χ1v) is 33.5. The molecule has 0 aliphatic heterocycles. The van der Waals surface area contributed by atoms with E-state index in [1.807, 2.05) is 127 Å². The summed E-state index contributed by atoms with van der Waals surface area (Å²) >= 11 is -2.06. The molecule has 0 spiro atoms. The van der Waals surface area contributed by atoms with Gasteiger partial charge in [0, 0.05) is 0 Å². The van der Waals surface area contributed by atoms with Gasteiger partial charge >= 0.3 is 343 Å². The van der Waals surface area contributed by atoms with Crippen LogP contribution in [0.2, 0.25) is 0 Å². The predicted octanol–water partition coefficient (Wildman–Crippen LogP) is 17.8. The summed E-state index contributed by atoms with van der Waals surface area (Å²) in [5.74, 6) is 4.89. The third-order valence-corrected chi connectivity index (χ3v) is 20.6. The van der Waals surface area contributed by atoms with E-state index >= 15 is 0 Å². The second-order valence-corrected chi connectivity index (χ2v) is 27.0. The van der Waals surface area contributed by atoms with Crippen molar-refractivity contribution in [3.63, 3.8) is 0 Å². The van der Waals surface area contributed by atoms with Crippen LogP contribution in [0.15, 0.2) is 237 Å². The van der Waals surface area contributed by atoms with Gasteiger partial charge in [0.1, 0.15) is 6.15 Å². The van der Waals surface area contributed by atoms with E-state index in [9.17, 15) is 105 Å². The fraction of sp³-hybridized carbons (Fsp3) is 0.189. The molecule has 10 aromatic rings. The van der Waals surface area contributed by atoms with Gasteiger partial charge in [0.2, 0.25) is 0 Å². The number of alkyl halides is 24. The summed E-state index contributed by atoms with van der Waals surface area (Å²) in [6.07, 6.45) is -54.8. The minimum atomic E-state index is -6.13. The van der Waals surface area contributed by atoms with Gasteiger partial charge in [-0.2, -0.15) is 127 Å². The van der Waals surface area contributed by atoms with E-state index in [0.29, 0.717) is 39.6 Å². The molecule has 106 heavy (non-hydrogen) atoms. The molecule has 32 heteroatoms. The molecule has 6 nitrogen and oxygen atoms in total. The van der Waals surface area contributed by atoms with E-state index in [1.165, 1.54) is 0 Å². The quantitative estimate of drug-likeness (QED) is 0.0383. The molecule has 0 saturated heterocycles. The zero-order valence-electron chi connectivity index (χ0n) is 53.8. The van der Waals surface area contributed by atoms with Crippen molar-refractivity contribution in [1.82, 2.24) is 0 Å². The SMILES string of the molecule is FC(F)(F)c1cc([B-](c2cc(C(F)(F)F)cc(C(F)(F)F)c2)(c2cc(C(F)(F)F)cc(C(F)(F)F)c2)c2cc(C(F)(F)F)cc(C(F)(F)F)c2)cc(C(F)(F)F)c1.c1ccc(OCCOc2ccccc2[Se+](c2ccccc2OCCOc2ccccc2)c2ccccc2OCCOc2ccccc2)cc1. The molecule has 0 aromatic heterocycles. The Bertz CT molecular complexity index is 3930. The Labute approximate surface area is 591 Å². The van der Waals surface area contributed by atoms with Crippen LogP contribution >= 0.6 is 0 Å². The third kappa shape index (κ3) is 20.3. The summed E-state index contributed by atoms with van der Waals surface area (Å²) < 4.78 is 381. The molecule has 0 fully saturated rings. The van der Waals surface area contributed by atoms with Crippen molar-refractivity contribution < 1.29 is 134 Å². The first kappa shape index (κ1) is 80.0. The molecule has 10 aromatic carbocycles. The van der Waals surface area contributed by atoms with Gasteiger partial charge in [-0.05, 0) is 24.3 Å². The van der Waals surface area contributed by atoms with Crippen molar-refractivity contribution >= 4 is 55.3 Å². The first-order chi connectivity index (χ1) is 49.6. The predicted molar refractivity (Wildman–Crippen MR) is 346 cm³/mol. The fourth-order valence-electron chi connectivity index (χ4n) is 11.1. The van der Waals surface area contributed by atoms with Crippen LogP contribution in [-0.4, -0.2) is 59.7 Å². The van der Waals surface area contributed by atoms with Crippen LogP contribution in [0.3, 0.4) is 0 Å². The Morgan fingerprint density at radius 1 is 0.208 bits per heavy atom. The Kier molecular flexibility index (Phi) is 24.4. The molecule has 560 valence electrons. The Morgan fingerprint density at radius 3 is 0.566 bits per heavy atom. The van der Waals surface area contributed by atoms with Crippen molar-refractivity contribution in [2.45, 2.75) is 49.4 Å². The molecule has 0 atom stereocenters. The fourth-order valence-corrected chi connectivity index (χ4v) is 16.0. The van der Waals surface area contributed by atoms with Crippen molar-refractivity contribution in [3.8, 4) is 34.5 Å². The van der Waals surface area contributed by atoms with Crippen molar-refractivity contribution in [2.24, 2.45) is 0 Å². The van der Waals surface area contributed by atoms with Crippen molar-refractivity contribution in [2.75, 3.05) is 39.6 Å². The summed E-state index contributed by atoms with van der Waals surface area (Å²) in [5.41, 5.74) is -30.2. The Balaban J connectivity index is 0.000000248. The number of para-hydroxylation sites is 6. The average molecular weight is 1580 g/mol. The third-order valence-electron chi connectivity index (χ3n) is 15.7. The maximum absolute atomic E-state index is 14.2. The summed E-state index contributed by atoms with van der Waals surface area (Å²) in [6, 6.07) is 45.3. The maximum atomic E-state index is 14.2.